The van der Waals surface area contributed by atoms with Crippen LogP contribution in [0.15, 0.2) is 36.7 Å². The number of fused-ring (bicyclic) bond motifs is 1. The van der Waals surface area contributed by atoms with Crippen LogP contribution in [0.2, 0.25) is 0 Å². The Kier molecular flexibility index (Phi) is 3.17. The van der Waals surface area contributed by atoms with Crippen molar-refractivity contribution in [1.29, 1.82) is 0 Å². The van der Waals surface area contributed by atoms with E-state index in [9.17, 15) is 4.79 Å². The van der Waals surface area contributed by atoms with Crippen molar-refractivity contribution < 1.29 is 14.1 Å². The average molecular weight is 282 g/mol. The van der Waals surface area contributed by atoms with E-state index >= 15 is 0 Å². The molecule has 0 spiro atoms. The van der Waals surface area contributed by atoms with E-state index in [0.29, 0.717) is 5.56 Å². The van der Waals surface area contributed by atoms with Crippen molar-refractivity contribution in [3.05, 3.63) is 53.6 Å². The Balaban J connectivity index is 2.10. The van der Waals surface area contributed by atoms with Gasteiger partial charge in [-0.2, -0.15) is 4.57 Å². The highest BCUT2D eigenvalue weighted by atomic mass is 16.5. The van der Waals surface area contributed by atoms with Crippen LogP contribution >= 0.6 is 0 Å². The number of pyridine rings is 1. The second-order valence-corrected chi connectivity index (χ2v) is 4.93. The Hall–Kier alpha value is -2.69. The van der Waals surface area contributed by atoms with E-state index in [1.807, 2.05) is 42.9 Å². The van der Waals surface area contributed by atoms with Gasteiger partial charge in [0.2, 0.25) is 6.33 Å². The fraction of sp³-hybridized carbons (Fsp3) is 0.188. The Labute approximate surface area is 122 Å². The van der Waals surface area contributed by atoms with Gasteiger partial charge < -0.3 is 4.74 Å². The van der Waals surface area contributed by atoms with Crippen LogP contribution in [-0.4, -0.2) is 23.0 Å². The third-order valence-electron chi connectivity index (χ3n) is 3.47. The maximum atomic E-state index is 11.5. The lowest BCUT2D eigenvalue weighted by atomic mass is 10.2. The summed E-state index contributed by atoms with van der Waals surface area (Å²) >= 11 is 0. The van der Waals surface area contributed by atoms with E-state index in [1.165, 1.54) is 7.11 Å². The van der Waals surface area contributed by atoms with Crippen molar-refractivity contribution in [2.75, 3.05) is 7.11 Å². The quantitative estimate of drug-likeness (QED) is 0.579. The number of aromatic amines is 1. The zero-order valence-corrected chi connectivity index (χ0v) is 12.2. The molecule has 0 bridgehead atoms. The highest BCUT2D eigenvalue weighted by Crippen LogP contribution is 2.15. The summed E-state index contributed by atoms with van der Waals surface area (Å²) in [6.07, 6.45) is 1.89. The van der Waals surface area contributed by atoms with E-state index < -0.39 is 0 Å². The molecule has 1 N–H and O–H groups in total. The van der Waals surface area contributed by atoms with Crippen LogP contribution in [0.1, 0.15) is 21.7 Å². The number of imidazole rings is 1. The minimum absolute atomic E-state index is 0.332. The molecule has 0 radical (unpaired) electrons. The van der Waals surface area contributed by atoms with Gasteiger partial charge in [-0.1, -0.05) is 0 Å². The van der Waals surface area contributed by atoms with Crippen molar-refractivity contribution in [2.45, 2.75) is 13.8 Å². The topological polar surface area (TPSA) is 58.9 Å². The summed E-state index contributed by atoms with van der Waals surface area (Å²) in [5.41, 5.74) is 5.52. The van der Waals surface area contributed by atoms with Gasteiger partial charge in [0.05, 0.1) is 18.4 Å². The van der Waals surface area contributed by atoms with Gasteiger partial charge in [0.1, 0.15) is 5.69 Å². The molecule has 0 fully saturated rings. The average Bonchev–Trinajstić information content (AvgIpc) is 2.90. The van der Waals surface area contributed by atoms with E-state index in [0.717, 1.165) is 28.1 Å². The van der Waals surface area contributed by atoms with Crippen LogP contribution in [0.5, 0.6) is 0 Å². The first-order valence-electron chi connectivity index (χ1n) is 6.66. The number of carbonyl (C=O) groups excluding carboxylic acids is 1. The van der Waals surface area contributed by atoms with Crippen LogP contribution in [0.4, 0.5) is 0 Å². The minimum atomic E-state index is -0.332. The van der Waals surface area contributed by atoms with Crippen molar-refractivity contribution >= 4 is 17.0 Å². The second kappa shape index (κ2) is 5.01. The van der Waals surface area contributed by atoms with Crippen molar-refractivity contribution in [3.8, 4) is 5.69 Å². The number of hydrogen-bond acceptors (Lipinski definition) is 3. The van der Waals surface area contributed by atoms with E-state index in [-0.39, 0.29) is 5.97 Å². The summed E-state index contributed by atoms with van der Waals surface area (Å²) in [7, 11) is 1.38. The number of rotatable bonds is 2. The number of nitrogens with zero attached hydrogens (tertiary/aromatic N) is 2. The molecule has 2 aromatic heterocycles. The molecule has 5 heteroatoms. The molecular formula is C16H16N3O2+. The predicted octanol–water partition coefficient (Wildman–Crippen LogP) is 2.24. The first kappa shape index (κ1) is 13.3. The number of aryl methyl sites for hydroxylation is 2. The lowest BCUT2D eigenvalue weighted by Gasteiger charge is -2.01. The molecule has 3 rings (SSSR count). The fourth-order valence-electron chi connectivity index (χ4n) is 2.46. The summed E-state index contributed by atoms with van der Waals surface area (Å²) in [4.78, 5) is 19.2. The van der Waals surface area contributed by atoms with Gasteiger partial charge in [-0.05, 0) is 38.1 Å². The Bertz CT molecular complexity index is 819. The number of nitrogens with one attached hydrogen (secondary N) is 1. The molecular weight excluding hydrogens is 266 g/mol. The summed E-state index contributed by atoms with van der Waals surface area (Å²) in [6, 6.07) is 9.34. The minimum Gasteiger partial charge on any atom is -0.465 e. The number of carbonyl (C=O) groups is 1. The zero-order chi connectivity index (χ0) is 15.0. The fourth-order valence-corrected chi connectivity index (χ4v) is 2.46. The molecule has 0 aliphatic rings. The Morgan fingerprint density at radius 2 is 1.95 bits per heavy atom. The molecule has 0 aliphatic heterocycles. The van der Waals surface area contributed by atoms with E-state index in [4.69, 9.17) is 4.74 Å². The number of aromatic nitrogens is 3. The van der Waals surface area contributed by atoms with Gasteiger partial charge in [-0.3, -0.25) is 4.98 Å². The smallest absolute Gasteiger partial charge is 0.337 e. The third-order valence-corrected chi connectivity index (χ3v) is 3.47. The van der Waals surface area contributed by atoms with Crippen molar-refractivity contribution in [1.82, 2.24) is 9.97 Å². The number of methoxy groups -OCH3 is 1. The van der Waals surface area contributed by atoms with Crippen molar-refractivity contribution in [2.24, 2.45) is 0 Å². The van der Waals surface area contributed by atoms with Crippen molar-refractivity contribution in [3.63, 3.8) is 0 Å². The Morgan fingerprint density at radius 1 is 1.24 bits per heavy atom. The largest absolute Gasteiger partial charge is 0.465 e. The SMILES string of the molecule is COC(=O)c1ccc(-[n+]2c[nH]c3c(C)nc(C)cc32)cc1. The Morgan fingerprint density at radius 3 is 2.62 bits per heavy atom. The van der Waals surface area contributed by atoms with Gasteiger partial charge in [-0.25, -0.2) is 9.78 Å². The summed E-state index contributed by atoms with van der Waals surface area (Å²) in [6.45, 7) is 3.96. The highest BCUT2D eigenvalue weighted by molar-refractivity contribution is 5.89. The standard InChI is InChI=1S/C16H15N3O2/c1-10-8-14-15(11(2)18-10)17-9-19(14)13-6-4-12(5-7-13)16(20)21-3/h4-9H,1-3H3/p+1. The maximum Gasteiger partial charge on any atom is 0.337 e. The summed E-state index contributed by atoms with van der Waals surface area (Å²) in [5.74, 6) is -0.332. The number of esters is 1. The molecule has 5 nitrogen and oxygen atoms in total. The van der Waals surface area contributed by atoms with Gasteiger partial charge >= 0.3 is 5.97 Å². The number of ether oxygens (including phenoxy) is 1. The molecule has 106 valence electrons. The molecule has 3 aromatic rings. The summed E-state index contributed by atoms with van der Waals surface area (Å²) < 4.78 is 6.75. The molecule has 0 unspecified atom stereocenters. The predicted molar refractivity (Wildman–Crippen MR) is 78.4 cm³/mol. The van der Waals surface area contributed by atoms with Crippen LogP contribution in [0, 0.1) is 13.8 Å². The number of hydrogen-bond donors (Lipinski definition) is 1. The van der Waals surface area contributed by atoms with Crippen LogP contribution in [0.25, 0.3) is 16.7 Å². The van der Waals surface area contributed by atoms with Gasteiger partial charge in [-0.15, -0.1) is 0 Å². The maximum absolute atomic E-state index is 11.5. The molecule has 0 saturated carbocycles. The van der Waals surface area contributed by atoms with Gasteiger partial charge in [0.25, 0.3) is 0 Å². The van der Waals surface area contributed by atoms with E-state index in [1.54, 1.807) is 12.1 Å². The molecule has 2 heterocycles. The summed E-state index contributed by atoms with van der Waals surface area (Å²) in [5, 5.41) is 0. The molecule has 0 amide bonds. The molecule has 0 atom stereocenters. The molecule has 0 saturated heterocycles. The highest BCUT2D eigenvalue weighted by Gasteiger charge is 2.15. The second-order valence-electron chi connectivity index (χ2n) is 4.93. The monoisotopic (exact) mass is 282 g/mol. The number of H-pyrrole nitrogens is 1. The molecule has 0 aliphatic carbocycles. The normalized spacial score (nSPS) is 10.8. The van der Waals surface area contributed by atoms with Crippen LogP contribution in [0.3, 0.4) is 0 Å². The van der Waals surface area contributed by atoms with Gasteiger partial charge in [0, 0.05) is 11.8 Å². The lowest BCUT2D eigenvalue weighted by molar-refractivity contribution is -0.567. The molecule has 21 heavy (non-hydrogen) atoms. The number of benzene rings is 1. The lowest BCUT2D eigenvalue weighted by Crippen LogP contribution is -2.28. The molecule has 1 aromatic carbocycles. The zero-order valence-electron chi connectivity index (χ0n) is 12.2. The van der Waals surface area contributed by atoms with Gasteiger partial charge in [0.15, 0.2) is 11.0 Å². The first-order chi connectivity index (χ1) is 10.1. The van der Waals surface area contributed by atoms with Crippen LogP contribution in [-0.2, 0) is 4.74 Å². The third kappa shape index (κ3) is 2.27. The van der Waals surface area contributed by atoms with E-state index in [2.05, 4.69) is 9.97 Å². The first-order valence-corrected chi connectivity index (χ1v) is 6.66. The van der Waals surface area contributed by atoms with Crippen LogP contribution < -0.4 is 4.57 Å².